The molecule has 0 aromatic carbocycles. The number of amides is 1. The van der Waals surface area contributed by atoms with Gasteiger partial charge in [-0.3, -0.25) is 4.79 Å². The molecule has 0 fully saturated rings. The third-order valence-corrected chi connectivity index (χ3v) is 3.82. The van der Waals surface area contributed by atoms with Gasteiger partial charge in [-0.1, -0.05) is 35.3 Å². The summed E-state index contributed by atoms with van der Waals surface area (Å²) in [6, 6.07) is 6.98. The van der Waals surface area contributed by atoms with Crippen molar-refractivity contribution >= 4 is 29.1 Å². The second-order valence-electron chi connectivity index (χ2n) is 6.60. The van der Waals surface area contributed by atoms with Crippen LogP contribution in [0.2, 0.25) is 10.3 Å². The van der Waals surface area contributed by atoms with E-state index in [1.54, 1.807) is 44.4 Å². The summed E-state index contributed by atoms with van der Waals surface area (Å²) < 4.78 is 0. The van der Waals surface area contributed by atoms with Crippen molar-refractivity contribution in [1.82, 2.24) is 15.3 Å². The molecule has 0 aliphatic heterocycles. The van der Waals surface area contributed by atoms with Crippen molar-refractivity contribution in [1.29, 1.82) is 0 Å². The van der Waals surface area contributed by atoms with E-state index in [1.165, 1.54) is 6.92 Å². The summed E-state index contributed by atoms with van der Waals surface area (Å²) in [7, 11) is 0. The third kappa shape index (κ3) is 7.38. The van der Waals surface area contributed by atoms with Crippen LogP contribution < -0.4 is 5.32 Å². The minimum atomic E-state index is -0.836. The zero-order valence-electron chi connectivity index (χ0n) is 15.0. The Hall–Kier alpha value is -1.69. The average molecular weight is 384 g/mol. The summed E-state index contributed by atoms with van der Waals surface area (Å²) in [6.45, 7) is 8.74. The van der Waals surface area contributed by atoms with Crippen LogP contribution in [-0.2, 0) is 15.9 Å². The quantitative estimate of drug-likeness (QED) is 0.783. The third-order valence-electron chi connectivity index (χ3n) is 3.37. The Morgan fingerprint density at radius 3 is 1.72 bits per heavy atom. The van der Waals surface area contributed by atoms with Gasteiger partial charge in [0.2, 0.25) is 5.91 Å². The number of carbonyl (C=O) groups is 1. The van der Waals surface area contributed by atoms with Crippen LogP contribution >= 0.6 is 23.2 Å². The second-order valence-corrected chi connectivity index (χ2v) is 7.38. The van der Waals surface area contributed by atoms with Gasteiger partial charge >= 0.3 is 0 Å². The Bertz CT molecular complexity index is 694. The minimum Gasteiger partial charge on any atom is -0.386 e. The number of carbonyl (C=O) groups excluding carboxylic acids is 1. The standard InChI is InChI=1S/C10H13ClN2O.C8H10ClNO/c1-7(14)13-10(2,3)8-4-5-9(11)12-6-8;1-8(2,11)6-3-4-7(9)10-5-6/h4-6H,1-3H3,(H,13,14);3-5,11H,1-2H3. The molecule has 7 heteroatoms. The number of hydrogen-bond donors (Lipinski definition) is 2. The van der Waals surface area contributed by atoms with Crippen molar-refractivity contribution in [2.45, 2.75) is 45.8 Å². The molecule has 0 unspecified atom stereocenters. The van der Waals surface area contributed by atoms with Crippen LogP contribution in [0.15, 0.2) is 36.7 Å². The highest BCUT2D eigenvalue weighted by molar-refractivity contribution is 6.29. The molecule has 0 bridgehead atoms. The van der Waals surface area contributed by atoms with E-state index in [0.717, 1.165) is 11.1 Å². The van der Waals surface area contributed by atoms with Crippen LogP contribution in [0.25, 0.3) is 0 Å². The molecule has 0 aliphatic carbocycles. The molecule has 0 saturated carbocycles. The fourth-order valence-corrected chi connectivity index (χ4v) is 2.22. The zero-order valence-corrected chi connectivity index (χ0v) is 16.5. The van der Waals surface area contributed by atoms with E-state index in [2.05, 4.69) is 15.3 Å². The number of nitrogens with zero attached hydrogens (tertiary/aromatic N) is 2. The molecule has 136 valence electrons. The summed E-state index contributed by atoms with van der Waals surface area (Å²) >= 11 is 11.2. The summed E-state index contributed by atoms with van der Waals surface area (Å²) in [6.07, 6.45) is 3.24. The summed E-state index contributed by atoms with van der Waals surface area (Å²) in [4.78, 5) is 18.8. The van der Waals surface area contributed by atoms with E-state index >= 15 is 0 Å². The first-order chi connectivity index (χ1) is 11.4. The Kier molecular flexibility index (Phi) is 7.35. The first-order valence-corrected chi connectivity index (χ1v) is 8.42. The number of halogens is 2. The van der Waals surface area contributed by atoms with Crippen LogP contribution in [0.3, 0.4) is 0 Å². The van der Waals surface area contributed by atoms with E-state index in [9.17, 15) is 9.90 Å². The normalized spacial score (nSPS) is 11.4. The van der Waals surface area contributed by atoms with E-state index < -0.39 is 11.1 Å². The maximum absolute atomic E-state index is 10.9. The lowest BCUT2D eigenvalue weighted by molar-refractivity contribution is -0.120. The molecule has 1 amide bonds. The number of pyridine rings is 2. The SMILES string of the molecule is CC(=O)NC(C)(C)c1ccc(Cl)nc1.CC(C)(O)c1ccc(Cl)nc1. The Morgan fingerprint density at radius 1 is 0.960 bits per heavy atom. The topological polar surface area (TPSA) is 75.1 Å². The van der Waals surface area contributed by atoms with E-state index in [4.69, 9.17) is 23.2 Å². The minimum absolute atomic E-state index is 0.0649. The monoisotopic (exact) mass is 383 g/mol. The van der Waals surface area contributed by atoms with Gasteiger partial charge < -0.3 is 10.4 Å². The number of rotatable bonds is 3. The van der Waals surface area contributed by atoms with Gasteiger partial charge in [0, 0.05) is 24.9 Å². The van der Waals surface area contributed by atoms with Gasteiger partial charge in [-0.05, 0) is 45.4 Å². The summed E-state index contributed by atoms with van der Waals surface area (Å²) in [5.74, 6) is -0.0649. The van der Waals surface area contributed by atoms with Gasteiger partial charge in [0.15, 0.2) is 0 Å². The maximum atomic E-state index is 10.9. The molecule has 5 nitrogen and oxygen atoms in total. The van der Waals surface area contributed by atoms with Crippen LogP contribution in [0.4, 0.5) is 0 Å². The van der Waals surface area contributed by atoms with Crippen molar-refractivity contribution in [2.24, 2.45) is 0 Å². The number of aliphatic hydroxyl groups is 1. The van der Waals surface area contributed by atoms with Crippen LogP contribution in [0.5, 0.6) is 0 Å². The molecule has 0 spiro atoms. The van der Waals surface area contributed by atoms with Gasteiger partial charge in [-0.15, -0.1) is 0 Å². The van der Waals surface area contributed by atoms with Crippen molar-refractivity contribution in [2.75, 3.05) is 0 Å². The lowest BCUT2D eigenvalue weighted by Gasteiger charge is -2.25. The molecule has 25 heavy (non-hydrogen) atoms. The van der Waals surface area contributed by atoms with Crippen molar-refractivity contribution < 1.29 is 9.90 Å². The molecule has 0 saturated heterocycles. The smallest absolute Gasteiger partial charge is 0.217 e. The first-order valence-electron chi connectivity index (χ1n) is 7.67. The predicted octanol–water partition coefficient (Wildman–Crippen LogP) is 4.07. The lowest BCUT2D eigenvalue weighted by atomic mass is 9.96. The average Bonchev–Trinajstić information content (AvgIpc) is 2.46. The lowest BCUT2D eigenvalue weighted by Crippen LogP contribution is -2.39. The van der Waals surface area contributed by atoms with Crippen LogP contribution in [-0.4, -0.2) is 21.0 Å². The maximum Gasteiger partial charge on any atom is 0.217 e. The second kappa shape index (κ2) is 8.61. The highest BCUT2D eigenvalue weighted by Crippen LogP contribution is 2.20. The van der Waals surface area contributed by atoms with Crippen molar-refractivity contribution in [3.63, 3.8) is 0 Å². The van der Waals surface area contributed by atoms with Gasteiger partial charge in [0.05, 0.1) is 11.1 Å². The molecule has 2 rings (SSSR count). The molecule has 2 heterocycles. The van der Waals surface area contributed by atoms with Gasteiger partial charge in [-0.2, -0.15) is 0 Å². The molecule has 0 radical (unpaired) electrons. The van der Waals surface area contributed by atoms with Crippen molar-refractivity contribution in [3.8, 4) is 0 Å². The van der Waals surface area contributed by atoms with Gasteiger partial charge in [0.25, 0.3) is 0 Å². The summed E-state index contributed by atoms with van der Waals surface area (Å²) in [5.41, 5.74) is 0.445. The molecule has 2 aromatic rings. The molecular formula is C18H23Cl2N3O2. The van der Waals surface area contributed by atoms with E-state index in [0.29, 0.717) is 10.3 Å². The Balaban J connectivity index is 0.000000257. The highest BCUT2D eigenvalue weighted by atomic mass is 35.5. The predicted molar refractivity (Wildman–Crippen MR) is 101 cm³/mol. The molecule has 2 N–H and O–H groups in total. The van der Waals surface area contributed by atoms with E-state index in [-0.39, 0.29) is 5.91 Å². The molecule has 2 aromatic heterocycles. The number of nitrogens with one attached hydrogen (secondary N) is 1. The number of hydrogen-bond acceptors (Lipinski definition) is 4. The first kappa shape index (κ1) is 21.4. The van der Waals surface area contributed by atoms with Gasteiger partial charge in [0.1, 0.15) is 10.3 Å². The van der Waals surface area contributed by atoms with E-state index in [1.807, 2.05) is 19.9 Å². The van der Waals surface area contributed by atoms with Gasteiger partial charge in [-0.25, -0.2) is 9.97 Å². The largest absolute Gasteiger partial charge is 0.386 e. The number of aromatic nitrogens is 2. The van der Waals surface area contributed by atoms with Crippen LogP contribution in [0, 0.1) is 0 Å². The molecule has 0 atom stereocenters. The highest BCUT2D eigenvalue weighted by Gasteiger charge is 2.21. The fraction of sp³-hybridized carbons (Fsp3) is 0.389. The summed E-state index contributed by atoms with van der Waals surface area (Å²) in [5, 5.41) is 13.2. The Morgan fingerprint density at radius 2 is 1.40 bits per heavy atom. The Labute approximate surface area is 158 Å². The molecule has 0 aliphatic rings. The fourth-order valence-electron chi connectivity index (χ4n) is 2.00. The van der Waals surface area contributed by atoms with Crippen molar-refractivity contribution in [3.05, 3.63) is 58.1 Å². The molecular weight excluding hydrogens is 361 g/mol. The van der Waals surface area contributed by atoms with Crippen LogP contribution in [0.1, 0.15) is 45.7 Å². The zero-order chi connectivity index (χ0) is 19.3.